The second kappa shape index (κ2) is 6.80. The molecule has 0 aliphatic rings. The molecule has 1 amide bonds. The number of carboxylic acids is 1. The van der Waals surface area contributed by atoms with E-state index in [1.807, 2.05) is 0 Å². The Labute approximate surface area is 124 Å². The molecule has 1 aromatic carbocycles. The van der Waals surface area contributed by atoms with E-state index in [9.17, 15) is 14.7 Å². The molecular formula is C16H19NO4. The summed E-state index contributed by atoms with van der Waals surface area (Å²) in [6, 6.07) is 5.87. The van der Waals surface area contributed by atoms with Crippen LogP contribution in [-0.2, 0) is 16.0 Å². The number of amides is 1. The van der Waals surface area contributed by atoms with Crippen LogP contribution in [0.15, 0.2) is 24.3 Å². The van der Waals surface area contributed by atoms with Crippen LogP contribution in [0.25, 0.3) is 0 Å². The zero-order valence-corrected chi connectivity index (χ0v) is 12.3. The van der Waals surface area contributed by atoms with Gasteiger partial charge in [0.05, 0.1) is 0 Å². The molecule has 0 saturated carbocycles. The smallest absolute Gasteiger partial charge is 0.408 e. The van der Waals surface area contributed by atoms with Gasteiger partial charge in [0.2, 0.25) is 0 Å². The summed E-state index contributed by atoms with van der Waals surface area (Å²) in [4.78, 5) is 22.9. The molecule has 0 saturated heterocycles. The van der Waals surface area contributed by atoms with Crippen LogP contribution in [0.5, 0.6) is 0 Å². The van der Waals surface area contributed by atoms with Gasteiger partial charge in [-0.1, -0.05) is 18.1 Å². The van der Waals surface area contributed by atoms with Crippen LogP contribution in [0.2, 0.25) is 0 Å². The third kappa shape index (κ3) is 6.00. The number of nitrogens with one attached hydrogen (secondary N) is 1. The van der Waals surface area contributed by atoms with Crippen molar-refractivity contribution >= 4 is 12.1 Å². The highest BCUT2D eigenvalue weighted by Crippen LogP contribution is 2.09. The van der Waals surface area contributed by atoms with E-state index in [1.165, 1.54) is 0 Å². The summed E-state index contributed by atoms with van der Waals surface area (Å²) in [5.41, 5.74) is 0.796. The standard InChI is InChI=1S/C16H19NO4/c1-5-11-6-8-12(9-7-11)10-13(14(18)19)17-15(20)21-16(2,3)4/h1,6-9,13H,10H2,2-4H3,(H,17,20)(H,18,19)/t13-/m1/s1. The lowest BCUT2D eigenvalue weighted by molar-refractivity contribution is -0.139. The number of aliphatic carboxylic acids is 1. The largest absolute Gasteiger partial charge is 0.480 e. The van der Waals surface area contributed by atoms with E-state index in [-0.39, 0.29) is 6.42 Å². The molecule has 0 unspecified atom stereocenters. The average Bonchev–Trinajstić information content (AvgIpc) is 2.36. The van der Waals surface area contributed by atoms with Crippen molar-refractivity contribution in [3.05, 3.63) is 35.4 Å². The van der Waals surface area contributed by atoms with Gasteiger partial charge in [-0.2, -0.15) is 0 Å². The summed E-state index contributed by atoms with van der Waals surface area (Å²) in [5.74, 6) is 1.36. The summed E-state index contributed by atoms with van der Waals surface area (Å²) >= 11 is 0. The number of hydrogen-bond acceptors (Lipinski definition) is 3. The second-order valence-corrected chi connectivity index (χ2v) is 5.58. The Hall–Kier alpha value is -2.48. The van der Waals surface area contributed by atoms with Crippen molar-refractivity contribution in [2.75, 3.05) is 0 Å². The fourth-order valence-corrected chi connectivity index (χ4v) is 1.62. The number of carbonyl (C=O) groups is 2. The molecule has 2 N–H and O–H groups in total. The summed E-state index contributed by atoms with van der Waals surface area (Å²) < 4.78 is 5.05. The monoisotopic (exact) mass is 289 g/mol. The maximum atomic E-state index is 11.6. The van der Waals surface area contributed by atoms with Crippen LogP contribution in [-0.4, -0.2) is 28.8 Å². The second-order valence-electron chi connectivity index (χ2n) is 5.58. The van der Waals surface area contributed by atoms with Gasteiger partial charge in [0.15, 0.2) is 0 Å². The molecule has 0 spiro atoms. The Bertz CT molecular complexity index is 549. The quantitative estimate of drug-likeness (QED) is 0.833. The van der Waals surface area contributed by atoms with Crippen LogP contribution in [0.1, 0.15) is 31.9 Å². The molecule has 1 rings (SSSR count). The number of hydrogen-bond donors (Lipinski definition) is 2. The number of rotatable bonds is 4. The van der Waals surface area contributed by atoms with E-state index < -0.39 is 23.7 Å². The number of ether oxygens (including phenoxy) is 1. The molecule has 0 radical (unpaired) electrons. The molecule has 21 heavy (non-hydrogen) atoms. The van der Waals surface area contributed by atoms with Gasteiger partial charge in [-0.3, -0.25) is 0 Å². The highest BCUT2D eigenvalue weighted by molar-refractivity contribution is 5.80. The zero-order valence-electron chi connectivity index (χ0n) is 12.3. The van der Waals surface area contributed by atoms with Crippen molar-refractivity contribution in [2.45, 2.75) is 38.8 Å². The van der Waals surface area contributed by atoms with Gasteiger partial charge in [-0.15, -0.1) is 6.42 Å². The predicted molar refractivity (Wildman–Crippen MR) is 78.9 cm³/mol. The first kappa shape index (κ1) is 16.6. The lowest BCUT2D eigenvalue weighted by Crippen LogP contribution is -2.44. The number of alkyl carbamates (subject to hydrolysis) is 1. The van der Waals surface area contributed by atoms with Crippen LogP contribution in [0, 0.1) is 12.3 Å². The van der Waals surface area contributed by atoms with Gasteiger partial charge in [0.1, 0.15) is 11.6 Å². The Morgan fingerprint density at radius 3 is 2.33 bits per heavy atom. The number of carboxylic acid groups (broad SMARTS) is 1. The van der Waals surface area contributed by atoms with Crippen LogP contribution >= 0.6 is 0 Å². The minimum absolute atomic E-state index is 0.152. The van der Waals surface area contributed by atoms with Crippen LogP contribution in [0.3, 0.4) is 0 Å². The van der Waals surface area contributed by atoms with E-state index in [0.717, 1.165) is 5.56 Å². The van der Waals surface area contributed by atoms with Crippen molar-refractivity contribution in [1.82, 2.24) is 5.32 Å². The van der Waals surface area contributed by atoms with E-state index in [1.54, 1.807) is 45.0 Å². The number of carbonyl (C=O) groups excluding carboxylic acids is 1. The molecule has 0 bridgehead atoms. The fourth-order valence-electron chi connectivity index (χ4n) is 1.62. The van der Waals surface area contributed by atoms with E-state index in [0.29, 0.717) is 5.56 Å². The van der Waals surface area contributed by atoms with Gasteiger partial charge in [-0.05, 0) is 38.5 Å². The van der Waals surface area contributed by atoms with E-state index >= 15 is 0 Å². The predicted octanol–water partition coefficient (Wildman–Crippen LogP) is 2.19. The molecule has 0 aromatic heterocycles. The number of benzene rings is 1. The highest BCUT2D eigenvalue weighted by atomic mass is 16.6. The molecule has 5 nitrogen and oxygen atoms in total. The van der Waals surface area contributed by atoms with Crippen molar-refractivity contribution < 1.29 is 19.4 Å². The molecule has 1 atom stereocenters. The Morgan fingerprint density at radius 2 is 1.90 bits per heavy atom. The molecule has 5 heteroatoms. The van der Waals surface area contributed by atoms with Crippen molar-refractivity contribution in [3.63, 3.8) is 0 Å². The first-order valence-corrected chi connectivity index (χ1v) is 6.49. The summed E-state index contributed by atoms with van der Waals surface area (Å²) in [5, 5.41) is 11.5. The fraction of sp³-hybridized carbons (Fsp3) is 0.375. The van der Waals surface area contributed by atoms with Gasteiger partial charge < -0.3 is 15.2 Å². The molecule has 0 fully saturated rings. The Kier molecular flexibility index (Phi) is 5.37. The third-order valence-corrected chi connectivity index (χ3v) is 2.55. The van der Waals surface area contributed by atoms with Gasteiger partial charge >= 0.3 is 12.1 Å². The van der Waals surface area contributed by atoms with Crippen molar-refractivity contribution in [3.8, 4) is 12.3 Å². The summed E-state index contributed by atoms with van der Waals surface area (Å²) in [6.07, 6.45) is 4.65. The molecule has 0 aliphatic heterocycles. The molecule has 112 valence electrons. The first-order chi connectivity index (χ1) is 9.71. The average molecular weight is 289 g/mol. The Morgan fingerprint density at radius 1 is 1.33 bits per heavy atom. The van der Waals surface area contributed by atoms with Crippen LogP contribution in [0.4, 0.5) is 4.79 Å². The molecule has 1 aromatic rings. The molecule has 0 aliphatic carbocycles. The van der Waals surface area contributed by atoms with E-state index in [4.69, 9.17) is 11.2 Å². The normalized spacial score (nSPS) is 12.1. The lowest BCUT2D eigenvalue weighted by Gasteiger charge is -2.22. The maximum Gasteiger partial charge on any atom is 0.408 e. The first-order valence-electron chi connectivity index (χ1n) is 6.49. The zero-order chi connectivity index (χ0) is 16.0. The Balaban J connectivity index is 2.72. The van der Waals surface area contributed by atoms with Crippen molar-refractivity contribution in [2.24, 2.45) is 0 Å². The highest BCUT2D eigenvalue weighted by Gasteiger charge is 2.24. The summed E-state index contributed by atoms with van der Waals surface area (Å²) in [7, 11) is 0. The molecule has 0 heterocycles. The lowest BCUT2D eigenvalue weighted by atomic mass is 10.0. The third-order valence-electron chi connectivity index (χ3n) is 2.55. The van der Waals surface area contributed by atoms with E-state index in [2.05, 4.69) is 11.2 Å². The topological polar surface area (TPSA) is 75.6 Å². The molecular weight excluding hydrogens is 270 g/mol. The van der Waals surface area contributed by atoms with Gasteiger partial charge in [0.25, 0.3) is 0 Å². The van der Waals surface area contributed by atoms with Crippen LogP contribution < -0.4 is 5.32 Å². The van der Waals surface area contributed by atoms with Crippen molar-refractivity contribution in [1.29, 1.82) is 0 Å². The van der Waals surface area contributed by atoms with Gasteiger partial charge in [-0.25, -0.2) is 9.59 Å². The number of terminal acetylenes is 1. The van der Waals surface area contributed by atoms with Gasteiger partial charge in [0, 0.05) is 12.0 Å². The SMILES string of the molecule is C#Cc1ccc(C[C@@H](NC(=O)OC(C)(C)C)C(=O)O)cc1. The minimum atomic E-state index is -1.12. The minimum Gasteiger partial charge on any atom is -0.480 e. The maximum absolute atomic E-state index is 11.6. The summed E-state index contributed by atoms with van der Waals surface area (Å²) in [6.45, 7) is 5.13.